The van der Waals surface area contributed by atoms with E-state index in [1.54, 1.807) is 23.1 Å². The molecule has 1 aromatic carbocycles. The number of hydrogen-bond donors (Lipinski definition) is 1. The van der Waals surface area contributed by atoms with Gasteiger partial charge in [-0.1, -0.05) is 30.3 Å². The number of aromatic nitrogens is 1. The van der Waals surface area contributed by atoms with Crippen molar-refractivity contribution in [2.75, 3.05) is 38.2 Å². The molecule has 40 heavy (non-hydrogen) atoms. The van der Waals surface area contributed by atoms with E-state index in [1.165, 1.54) is 13.1 Å². The zero-order valence-electron chi connectivity index (χ0n) is 23.4. The van der Waals surface area contributed by atoms with Crippen molar-refractivity contribution in [2.45, 2.75) is 58.7 Å². The zero-order chi connectivity index (χ0) is 29.2. The van der Waals surface area contributed by atoms with Gasteiger partial charge >= 0.3 is 12.2 Å². The number of carbonyl (C=O) groups is 2. The highest BCUT2D eigenvalue weighted by molar-refractivity contribution is 5.84. The molecule has 0 saturated carbocycles. The first-order valence-electron chi connectivity index (χ1n) is 13.3. The van der Waals surface area contributed by atoms with Crippen LogP contribution in [0.25, 0.3) is 0 Å². The first-order valence-corrected chi connectivity index (χ1v) is 13.3. The lowest BCUT2D eigenvalue weighted by Crippen LogP contribution is -2.58. The van der Waals surface area contributed by atoms with E-state index in [4.69, 9.17) is 24.7 Å². The molecule has 0 spiro atoms. The standard InChI is InChI=1S/C27H35N5O5.C2H3N/c1-21-18-31(27(34)37-20-23-9-4-3-5-10-23)19-22(2)32(21)14-8-16-35-25-12-11-24(17-29-25)30-26(33)36-15-7-6-13-28;1-2-3/h3-5,9-12,17,21-22H,6-8,14-16,18-20H2,1-2H3,(H,30,33);1H3/t21-,22+;. The Labute approximate surface area is 236 Å². The third kappa shape index (κ3) is 11.6. The molecule has 2 atom stereocenters. The molecule has 3 rings (SSSR count). The minimum absolute atomic E-state index is 0.193. The molecule has 1 saturated heterocycles. The molecule has 2 aromatic rings. The maximum absolute atomic E-state index is 12.6. The van der Waals surface area contributed by atoms with E-state index in [0.29, 0.717) is 44.1 Å². The lowest BCUT2D eigenvalue weighted by molar-refractivity contribution is 0.0229. The Kier molecular flexibility index (Phi) is 14.4. The number of ether oxygens (including phenoxy) is 3. The highest BCUT2D eigenvalue weighted by Gasteiger charge is 2.32. The molecule has 1 aromatic heterocycles. The van der Waals surface area contributed by atoms with E-state index >= 15 is 0 Å². The fourth-order valence-electron chi connectivity index (χ4n) is 4.19. The molecule has 1 fully saturated rings. The summed E-state index contributed by atoms with van der Waals surface area (Å²) < 4.78 is 16.2. The Morgan fingerprint density at radius 2 is 1.73 bits per heavy atom. The third-order valence-electron chi connectivity index (χ3n) is 6.02. The molecule has 214 valence electrons. The summed E-state index contributed by atoms with van der Waals surface area (Å²) in [7, 11) is 0. The molecule has 1 aliphatic rings. The zero-order valence-corrected chi connectivity index (χ0v) is 23.4. The number of carbonyl (C=O) groups excluding carboxylic acids is 2. The maximum atomic E-state index is 12.6. The number of nitrogens with zero attached hydrogens (tertiary/aromatic N) is 5. The Bertz CT molecular complexity index is 1100. The Hall–Kier alpha value is -4.35. The number of nitrogens with one attached hydrogen (secondary N) is 1. The molecule has 0 bridgehead atoms. The quantitative estimate of drug-likeness (QED) is 0.384. The molecule has 2 heterocycles. The number of unbranched alkanes of at least 4 members (excludes halogenated alkanes) is 1. The molecule has 0 radical (unpaired) electrons. The molecular weight excluding hydrogens is 512 g/mol. The van der Waals surface area contributed by atoms with Crippen molar-refractivity contribution >= 4 is 17.9 Å². The Morgan fingerprint density at radius 3 is 2.35 bits per heavy atom. The van der Waals surface area contributed by atoms with Crippen LogP contribution in [-0.4, -0.2) is 71.9 Å². The van der Waals surface area contributed by atoms with Crippen molar-refractivity contribution in [1.29, 1.82) is 10.5 Å². The highest BCUT2D eigenvalue weighted by Crippen LogP contribution is 2.18. The van der Waals surface area contributed by atoms with Crippen LogP contribution in [0.2, 0.25) is 0 Å². The summed E-state index contributed by atoms with van der Waals surface area (Å²) in [5.74, 6) is 0.472. The summed E-state index contributed by atoms with van der Waals surface area (Å²) >= 11 is 0. The molecule has 2 amide bonds. The number of anilines is 1. The molecule has 11 nitrogen and oxygen atoms in total. The smallest absolute Gasteiger partial charge is 0.411 e. The van der Waals surface area contributed by atoms with Crippen LogP contribution in [0.5, 0.6) is 5.88 Å². The van der Waals surface area contributed by atoms with Gasteiger partial charge in [0.25, 0.3) is 0 Å². The van der Waals surface area contributed by atoms with E-state index in [2.05, 4.69) is 29.0 Å². The van der Waals surface area contributed by atoms with Crippen molar-refractivity contribution in [1.82, 2.24) is 14.8 Å². The van der Waals surface area contributed by atoms with Gasteiger partial charge in [-0.3, -0.25) is 10.2 Å². The van der Waals surface area contributed by atoms with Crippen molar-refractivity contribution in [3.63, 3.8) is 0 Å². The van der Waals surface area contributed by atoms with Crippen LogP contribution in [-0.2, 0) is 16.1 Å². The van der Waals surface area contributed by atoms with Gasteiger partial charge in [-0.05, 0) is 38.3 Å². The fraction of sp³-hybridized carbons (Fsp3) is 0.483. The number of benzene rings is 1. The fourth-order valence-corrected chi connectivity index (χ4v) is 4.19. The minimum atomic E-state index is -0.582. The van der Waals surface area contributed by atoms with Gasteiger partial charge in [0.05, 0.1) is 37.2 Å². The van der Waals surface area contributed by atoms with E-state index in [0.717, 1.165) is 18.5 Å². The van der Waals surface area contributed by atoms with Gasteiger partial charge in [-0.25, -0.2) is 14.6 Å². The predicted molar refractivity (Wildman–Crippen MR) is 149 cm³/mol. The van der Waals surface area contributed by atoms with Crippen molar-refractivity contribution in [3.8, 4) is 18.0 Å². The van der Waals surface area contributed by atoms with Gasteiger partial charge in [0, 0.05) is 51.1 Å². The second-order valence-corrected chi connectivity index (χ2v) is 9.21. The number of piperazine rings is 1. The summed E-state index contributed by atoms with van der Waals surface area (Å²) in [5.41, 5.74) is 1.47. The van der Waals surface area contributed by atoms with E-state index < -0.39 is 6.09 Å². The van der Waals surface area contributed by atoms with Gasteiger partial charge in [0.1, 0.15) is 6.61 Å². The Morgan fingerprint density at radius 1 is 1.02 bits per heavy atom. The predicted octanol–water partition coefficient (Wildman–Crippen LogP) is 4.96. The van der Waals surface area contributed by atoms with Crippen LogP contribution in [0, 0.1) is 22.7 Å². The maximum Gasteiger partial charge on any atom is 0.411 e. The summed E-state index contributed by atoms with van der Waals surface area (Å²) in [5, 5.41) is 18.4. The molecule has 0 aliphatic carbocycles. The lowest BCUT2D eigenvalue weighted by atomic mass is 10.1. The first-order chi connectivity index (χ1) is 19.4. The molecule has 0 unspecified atom stereocenters. The van der Waals surface area contributed by atoms with Crippen LogP contribution in [0.1, 0.15) is 45.6 Å². The third-order valence-corrected chi connectivity index (χ3v) is 6.02. The van der Waals surface area contributed by atoms with Crippen molar-refractivity contribution in [2.24, 2.45) is 0 Å². The minimum Gasteiger partial charge on any atom is -0.478 e. The van der Waals surface area contributed by atoms with Gasteiger partial charge < -0.3 is 19.1 Å². The lowest BCUT2D eigenvalue weighted by Gasteiger charge is -2.44. The van der Waals surface area contributed by atoms with Crippen LogP contribution in [0.4, 0.5) is 15.3 Å². The van der Waals surface area contributed by atoms with Gasteiger partial charge in [-0.2, -0.15) is 10.5 Å². The molecule has 1 aliphatic heterocycles. The monoisotopic (exact) mass is 550 g/mol. The number of pyridine rings is 1. The average molecular weight is 551 g/mol. The van der Waals surface area contributed by atoms with E-state index in [1.807, 2.05) is 36.4 Å². The van der Waals surface area contributed by atoms with Gasteiger partial charge in [0.2, 0.25) is 5.88 Å². The van der Waals surface area contributed by atoms with Gasteiger partial charge in [0.15, 0.2) is 0 Å². The molecule has 11 heteroatoms. The number of amides is 2. The molecular formula is C29H38N6O5. The Balaban J connectivity index is 0.00000178. The van der Waals surface area contributed by atoms with Gasteiger partial charge in [-0.15, -0.1) is 0 Å². The number of rotatable bonds is 11. The van der Waals surface area contributed by atoms with Crippen LogP contribution in [0.3, 0.4) is 0 Å². The highest BCUT2D eigenvalue weighted by atomic mass is 16.6. The largest absolute Gasteiger partial charge is 0.478 e. The normalized spacial score (nSPS) is 16.4. The van der Waals surface area contributed by atoms with Crippen molar-refractivity contribution in [3.05, 3.63) is 54.2 Å². The van der Waals surface area contributed by atoms with Crippen LogP contribution in [0.15, 0.2) is 48.7 Å². The second-order valence-electron chi connectivity index (χ2n) is 9.21. The summed E-state index contributed by atoms with van der Waals surface area (Å²) in [6.45, 7) is 8.72. The summed E-state index contributed by atoms with van der Waals surface area (Å²) in [4.78, 5) is 32.7. The van der Waals surface area contributed by atoms with E-state index in [-0.39, 0.29) is 31.4 Å². The average Bonchev–Trinajstić information content (AvgIpc) is 2.95. The summed E-state index contributed by atoms with van der Waals surface area (Å²) in [6, 6.07) is 17.2. The van der Waals surface area contributed by atoms with Crippen LogP contribution >= 0.6 is 0 Å². The van der Waals surface area contributed by atoms with E-state index in [9.17, 15) is 9.59 Å². The first kappa shape index (κ1) is 31.9. The molecule has 1 N–H and O–H groups in total. The summed E-state index contributed by atoms with van der Waals surface area (Å²) in [6.07, 6.45) is 2.31. The SMILES string of the molecule is CC#N.C[C@@H]1CN(C(=O)OCc2ccccc2)C[C@H](C)N1CCCOc1ccc(NC(=O)OCCCC#N)cn1. The van der Waals surface area contributed by atoms with Crippen LogP contribution < -0.4 is 10.1 Å². The number of nitriles is 2. The topological polar surface area (TPSA) is 141 Å². The number of hydrogen-bond acceptors (Lipinski definition) is 9. The second kappa shape index (κ2) is 18.0. The van der Waals surface area contributed by atoms with Crippen molar-refractivity contribution < 1.29 is 23.8 Å².